The van der Waals surface area contributed by atoms with Crippen molar-refractivity contribution in [2.24, 2.45) is 11.8 Å². The molecule has 2 unspecified atom stereocenters. The summed E-state index contributed by atoms with van der Waals surface area (Å²) in [6, 6.07) is 2.03. The van der Waals surface area contributed by atoms with E-state index in [1.165, 1.54) is 4.88 Å². The van der Waals surface area contributed by atoms with E-state index in [1.54, 1.807) is 11.3 Å². The Hall–Kier alpha value is -1.36. The Labute approximate surface area is 123 Å². The van der Waals surface area contributed by atoms with Crippen molar-refractivity contribution < 1.29 is 14.7 Å². The number of nitrogens with one attached hydrogen (secondary N) is 1. The van der Waals surface area contributed by atoms with Crippen LogP contribution in [-0.4, -0.2) is 23.5 Å². The second-order valence-corrected chi connectivity index (χ2v) is 6.68. The SMILES string of the molecule is CC(C)C(CNC(=O)C1CCCc2sccc21)C(=O)O. The standard InChI is InChI=1S/C15H21NO3S/c1-9(2)12(15(18)19)8-16-14(17)11-4-3-5-13-10(11)6-7-20-13/h6-7,9,11-12H,3-5,8H2,1-2H3,(H,16,17)(H,18,19). The Morgan fingerprint density at radius 3 is 2.90 bits per heavy atom. The number of aryl methyl sites for hydroxylation is 1. The molecule has 2 atom stereocenters. The van der Waals surface area contributed by atoms with Crippen molar-refractivity contribution in [3.05, 3.63) is 21.9 Å². The van der Waals surface area contributed by atoms with Crippen molar-refractivity contribution >= 4 is 23.2 Å². The molecule has 0 saturated carbocycles. The zero-order valence-electron chi connectivity index (χ0n) is 11.9. The first kappa shape index (κ1) is 15.0. The number of fused-ring (bicyclic) bond motifs is 1. The van der Waals surface area contributed by atoms with Crippen molar-refractivity contribution in [2.75, 3.05) is 6.54 Å². The van der Waals surface area contributed by atoms with Gasteiger partial charge in [0.25, 0.3) is 0 Å². The van der Waals surface area contributed by atoms with Gasteiger partial charge in [0.05, 0.1) is 11.8 Å². The summed E-state index contributed by atoms with van der Waals surface area (Å²) in [6.07, 6.45) is 2.94. The summed E-state index contributed by atoms with van der Waals surface area (Å²) >= 11 is 1.71. The Bertz CT molecular complexity index is 495. The van der Waals surface area contributed by atoms with Gasteiger partial charge >= 0.3 is 5.97 Å². The predicted molar refractivity (Wildman–Crippen MR) is 79.0 cm³/mol. The highest BCUT2D eigenvalue weighted by atomic mass is 32.1. The summed E-state index contributed by atoms with van der Waals surface area (Å²) in [6.45, 7) is 3.94. The number of amides is 1. The highest BCUT2D eigenvalue weighted by molar-refractivity contribution is 7.10. The van der Waals surface area contributed by atoms with Crippen LogP contribution < -0.4 is 5.32 Å². The maximum absolute atomic E-state index is 12.3. The molecule has 0 aromatic carbocycles. The molecule has 1 aromatic rings. The lowest BCUT2D eigenvalue weighted by molar-refractivity contribution is -0.143. The summed E-state index contributed by atoms with van der Waals surface area (Å²) in [5.41, 5.74) is 1.13. The van der Waals surface area contributed by atoms with E-state index < -0.39 is 11.9 Å². The van der Waals surface area contributed by atoms with Crippen LogP contribution in [0.15, 0.2) is 11.4 Å². The van der Waals surface area contributed by atoms with E-state index in [1.807, 2.05) is 25.3 Å². The lowest BCUT2D eigenvalue weighted by Crippen LogP contribution is -2.38. The lowest BCUT2D eigenvalue weighted by atomic mass is 9.87. The van der Waals surface area contributed by atoms with Crippen molar-refractivity contribution in [1.29, 1.82) is 0 Å². The largest absolute Gasteiger partial charge is 0.481 e. The Morgan fingerprint density at radius 2 is 2.25 bits per heavy atom. The third-order valence-electron chi connectivity index (χ3n) is 3.99. The average molecular weight is 295 g/mol. The number of hydrogen-bond donors (Lipinski definition) is 2. The van der Waals surface area contributed by atoms with Crippen LogP contribution in [0, 0.1) is 11.8 Å². The van der Waals surface area contributed by atoms with Gasteiger partial charge in [0, 0.05) is 11.4 Å². The topological polar surface area (TPSA) is 66.4 Å². The Kier molecular flexibility index (Phi) is 4.81. The van der Waals surface area contributed by atoms with E-state index in [4.69, 9.17) is 5.11 Å². The highest BCUT2D eigenvalue weighted by Gasteiger charge is 2.29. The molecule has 2 rings (SSSR count). The first-order valence-corrected chi connectivity index (χ1v) is 7.95. The molecule has 20 heavy (non-hydrogen) atoms. The minimum Gasteiger partial charge on any atom is -0.481 e. The zero-order chi connectivity index (χ0) is 14.7. The maximum Gasteiger partial charge on any atom is 0.308 e. The molecule has 0 spiro atoms. The van der Waals surface area contributed by atoms with E-state index in [9.17, 15) is 9.59 Å². The first-order chi connectivity index (χ1) is 9.50. The van der Waals surface area contributed by atoms with Crippen molar-refractivity contribution in [3.63, 3.8) is 0 Å². The zero-order valence-corrected chi connectivity index (χ0v) is 12.7. The van der Waals surface area contributed by atoms with Crippen LogP contribution in [0.2, 0.25) is 0 Å². The monoisotopic (exact) mass is 295 g/mol. The number of thiophene rings is 1. The fourth-order valence-corrected chi connectivity index (χ4v) is 3.69. The van der Waals surface area contributed by atoms with Gasteiger partial charge in [-0.1, -0.05) is 13.8 Å². The van der Waals surface area contributed by atoms with E-state index in [-0.39, 0.29) is 24.3 Å². The minimum atomic E-state index is -0.847. The van der Waals surface area contributed by atoms with Gasteiger partial charge in [0.1, 0.15) is 0 Å². The molecule has 0 fully saturated rings. The van der Waals surface area contributed by atoms with Crippen molar-refractivity contribution in [2.45, 2.75) is 39.0 Å². The Balaban J connectivity index is 1.98. The molecule has 1 heterocycles. The van der Waals surface area contributed by atoms with Gasteiger partial charge < -0.3 is 10.4 Å². The van der Waals surface area contributed by atoms with Crippen molar-refractivity contribution in [3.8, 4) is 0 Å². The molecule has 110 valence electrons. The van der Waals surface area contributed by atoms with Crippen LogP contribution in [0.25, 0.3) is 0 Å². The van der Waals surface area contributed by atoms with Crippen LogP contribution in [0.4, 0.5) is 0 Å². The summed E-state index contributed by atoms with van der Waals surface area (Å²) in [7, 11) is 0. The molecule has 1 amide bonds. The molecular weight excluding hydrogens is 274 g/mol. The number of hydrogen-bond acceptors (Lipinski definition) is 3. The van der Waals surface area contributed by atoms with Crippen LogP contribution in [-0.2, 0) is 16.0 Å². The summed E-state index contributed by atoms with van der Waals surface area (Å²) in [4.78, 5) is 24.7. The van der Waals surface area contributed by atoms with Crippen LogP contribution in [0.1, 0.15) is 43.0 Å². The highest BCUT2D eigenvalue weighted by Crippen LogP contribution is 2.35. The van der Waals surface area contributed by atoms with E-state index in [0.717, 1.165) is 24.8 Å². The molecule has 4 nitrogen and oxygen atoms in total. The molecule has 5 heteroatoms. The van der Waals surface area contributed by atoms with Gasteiger partial charge in [0.2, 0.25) is 5.91 Å². The Morgan fingerprint density at radius 1 is 1.50 bits per heavy atom. The van der Waals surface area contributed by atoms with Crippen LogP contribution in [0.5, 0.6) is 0 Å². The molecule has 0 aliphatic heterocycles. The minimum absolute atomic E-state index is 0.0101. The molecule has 2 N–H and O–H groups in total. The predicted octanol–water partition coefficient (Wildman–Crippen LogP) is 2.64. The molecule has 1 aliphatic carbocycles. The number of carbonyl (C=O) groups excluding carboxylic acids is 1. The molecule has 0 saturated heterocycles. The summed E-state index contributed by atoms with van der Waals surface area (Å²) < 4.78 is 0. The van der Waals surface area contributed by atoms with Gasteiger partial charge in [-0.15, -0.1) is 11.3 Å². The quantitative estimate of drug-likeness (QED) is 0.877. The van der Waals surface area contributed by atoms with Crippen LogP contribution in [0.3, 0.4) is 0 Å². The van der Waals surface area contributed by atoms with Crippen LogP contribution >= 0.6 is 11.3 Å². The lowest BCUT2D eigenvalue weighted by Gasteiger charge is -2.23. The molecule has 1 aromatic heterocycles. The number of carboxylic acids is 1. The molecular formula is C15H21NO3S. The van der Waals surface area contributed by atoms with Gasteiger partial charge in [-0.05, 0) is 42.2 Å². The number of carboxylic acid groups (broad SMARTS) is 1. The average Bonchev–Trinajstić information content (AvgIpc) is 2.85. The number of carbonyl (C=O) groups is 2. The smallest absolute Gasteiger partial charge is 0.308 e. The van der Waals surface area contributed by atoms with E-state index in [0.29, 0.717) is 0 Å². The van der Waals surface area contributed by atoms with E-state index in [2.05, 4.69) is 5.32 Å². The third-order valence-corrected chi connectivity index (χ3v) is 4.98. The fraction of sp³-hybridized carbons (Fsp3) is 0.600. The van der Waals surface area contributed by atoms with Gasteiger partial charge in [-0.25, -0.2) is 0 Å². The normalized spacial score (nSPS) is 19.4. The molecule has 0 radical (unpaired) electrons. The van der Waals surface area contributed by atoms with Crippen molar-refractivity contribution in [1.82, 2.24) is 5.32 Å². The third kappa shape index (κ3) is 3.20. The maximum atomic E-state index is 12.3. The van der Waals surface area contributed by atoms with Gasteiger partial charge in [-0.2, -0.15) is 0 Å². The van der Waals surface area contributed by atoms with Gasteiger partial charge in [-0.3, -0.25) is 9.59 Å². The fourth-order valence-electron chi connectivity index (χ4n) is 2.70. The summed E-state index contributed by atoms with van der Waals surface area (Å²) in [5, 5.41) is 14.0. The number of aliphatic carboxylic acids is 1. The first-order valence-electron chi connectivity index (χ1n) is 7.07. The number of rotatable bonds is 5. The molecule has 0 bridgehead atoms. The second-order valence-electron chi connectivity index (χ2n) is 5.68. The summed E-state index contributed by atoms with van der Waals surface area (Å²) in [5.74, 6) is -1.50. The van der Waals surface area contributed by atoms with Gasteiger partial charge in [0.15, 0.2) is 0 Å². The van der Waals surface area contributed by atoms with E-state index >= 15 is 0 Å². The second kappa shape index (κ2) is 6.39. The molecule has 1 aliphatic rings.